The maximum Gasteiger partial charge on any atom is 0.156 e. The van der Waals surface area contributed by atoms with Crippen molar-refractivity contribution in [3.63, 3.8) is 0 Å². The van der Waals surface area contributed by atoms with Gasteiger partial charge >= 0.3 is 0 Å². The highest BCUT2D eigenvalue weighted by atomic mass is 15.2. The van der Waals surface area contributed by atoms with E-state index in [-0.39, 0.29) is 6.04 Å². The number of nitrogens with one attached hydrogen (secondary N) is 1. The molecule has 0 aliphatic rings. The van der Waals surface area contributed by atoms with E-state index in [0.29, 0.717) is 0 Å². The van der Waals surface area contributed by atoms with Crippen molar-refractivity contribution in [2.75, 3.05) is 11.9 Å². The number of rotatable bonds is 4. The first-order chi connectivity index (χ1) is 14.2. The molecule has 0 aliphatic heterocycles. The van der Waals surface area contributed by atoms with Gasteiger partial charge in [0.2, 0.25) is 0 Å². The van der Waals surface area contributed by atoms with E-state index < -0.39 is 0 Å². The van der Waals surface area contributed by atoms with Gasteiger partial charge in [0.1, 0.15) is 5.69 Å². The smallest absolute Gasteiger partial charge is 0.156 e. The van der Waals surface area contributed by atoms with Crippen LogP contribution in [0.1, 0.15) is 18.5 Å². The highest BCUT2D eigenvalue weighted by Crippen LogP contribution is 2.34. The summed E-state index contributed by atoms with van der Waals surface area (Å²) in [7, 11) is 2.08. The van der Waals surface area contributed by atoms with Crippen LogP contribution in [0.2, 0.25) is 0 Å². The molecule has 0 bridgehead atoms. The van der Waals surface area contributed by atoms with Crippen LogP contribution in [-0.4, -0.2) is 27.2 Å². The molecule has 0 radical (unpaired) electrons. The summed E-state index contributed by atoms with van der Waals surface area (Å²) in [6.07, 6.45) is 1.84. The van der Waals surface area contributed by atoms with E-state index in [1.165, 1.54) is 5.56 Å². The number of aromatic nitrogens is 4. The minimum absolute atomic E-state index is 0.156. The third kappa shape index (κ3) is 3.10. The lowest BCUT2D eigenvalue weighted by Crippen LogP contribution is -2.23. The summed E-state index contributed by atoms with van der Waals surface area (Å²) < 4.78 is 0. The number of para-hydroxylation sites is 2. The molecular weight excluding hydrogens is 358 g/mol. The average molecular weight is 379 g/mol. The number of H-pyrrole nitrogens is 1. The van der Waals surface area contributed by atoms with Crippen LogP contribution >= 0.6 is 0 Å². The Morgan fingerprint density at radius 3 is 2.38 bits per heavy atom. The van der Waals surface area contributed by atoms with Gasteiger partial charge in [0.25, 0.3) is 0 Å². The Hall–Kier alpha value is -3.73. The number of aromatic amines is 1. The van der Waals surface area contributed by atoms with Crippen LogP contribution < -0.4 is 4.90 Å². The predicted molar refractivity (Wildman–Crippen MR) is 118 cm³/mol. The molecule has 1 N–H and O–H groups in total. The molecule has 142 valence electrons. The zero-order valence-corrected chi connectivity index (χ0v) is 16.4. The van der Waals surface area contributed by atoms with Crippen molar-refractivity contribution >= 4 is 27.8 Å². The number of anilines is 1. The predicted octanol–water partition coefficient (Wildman–Crippen LogP) is 5.37. The molecule has 5 aromatic rings. The highest BCUT2D eigenvalue weighted by molar-refractivity contribution is 5.88. The summed E-state index contributed by atoms with van der Waals surface area (Å²) in [4.78, 5) is 12.2. The van der Waals surface area contributed by atoms with E-state index in [0.717, 1.165) is 39.0 Å². The normalized spacial score (nSPS) is 12.3. The van der Waals surface area contributed by atoms with Gasteiger partial charge in [0.15, 0.2) is 5.82 Å². The summed E-state index contributed by atoms with van der Waals surface area (Å²) in [5, 5.41) is 8.21. The van der Waals surface area contributed by atoms with Crippen LogP contribution in [0, 0.1) is 0 Å². The summed E-state index contributed by atoms with van der Waals surface area (Å²) >= 11 is 0. The first-order valence-corrected chi connectivity index (χ1v) is 9.69. The van der Waals surface area contributed by atoms with Crippen LogP contribution in [0.15, 0.2) is 79.0 Å². The molecule has 0 amide bonds. The van der Waals surface area contributed by atoms with Crippen molar-refractivity contribution < 1.29 is 0 Å². The zero-order chi connectivity index (χ0) is 19.8. The first kappa shape index (κ1) is 17.4. The molecule has 5 heteroatoms. The second-order valence-electron chi connectivity index (χ2n) is 7.25. The topological polar surface area (TPSA) is 57.7 Å². The van der Waals surface area contributed by atoms with E-state index in [4.69, 9.17) is 9.97 Å². The quantitative estimate of drug-likeness (QED) is 0.456. The molecule has 5 nitrogen and oxygen atoms in total. The zero-order valence-electron chi connectivity index (χ0n) is 16.4. The van der Waals surface area contributed by atoms with Gasteiger partial charge in [-0.05, 0) is 36.8 Å². The van der Waals surface area contributed by atoms with Crippen molar-refractivity contribution in [2.45, 2.75) is 13.0 Å². The second kappa shape index (κ2) is 7.02. The van der Waals surface area contributed by atoms with Crippen molar-refractivity contribution in [3.05, 3.63) is 84.6 Å². The van der Waals surface area contributed by atoms with Crippen molar-refractivity contribution in [1.29, 1.82) is 0 Å². The molecule has 0 saturated heterocycles. The van der Waals surface area contributed by atoms with Crippen LogP contribution in [0.3, 0.4) is 0 Å². The Bertz CT molecular complexity index is 1290. The number of fused-ring (bicyclic) bond motifs is 2. The van der Waals surface area contributed by atoms with Gasteiger partial charge in [0.05, 0.1) is 28.8 Å². The molecule has 5 rings (SSSR count). The average Bonchev–Trinajstić information content (AvgIpc) is 3.25. The van der Waals surface area contributed by atoms with E-state index in [1.807, 2.05) is 42.6 Å². The summed E-state index contributed by atoms with van der Waals surface area (Å²) in [5.74, 6) is 0.864. The molecule has 2 aromatic heterocycles. The maximum absolute atomic E-state index is 5.01. The molecule has 1 unspecified atom stereocenters. The van der Waals surface area contributed by atoms with E-state index in [2.05, 4.69) is 65.5 Å². The molecule has 3 aromatic carbocycles. The largest absolute Gasteiger partial charge is 0.351 e. The fourth-order valence-electron chi connectivity index (χ4n) is 3.66. The summed E-state index contributed by atoms with van der Waals surface area (Å²) in [6, 6.07) is 24.9. The van der Waals surface area contributed by atoms with Crippen molar-refractivity contribution in [1.82, 2.24) is 20.2 Å². The second-order valence-corrected chi connectivity index (χ2v) is 7.25. The molecule has 29 heavy (non-hydrogen) atoms. The van der Waals surface area contributed by atoms with Crippen molar-refractivity contribution in [3.8, 4) is 11.3 Å². The van der Waals surface area contributed by atoms with Gasteiger partial charge < -0.3 is 4.90 Å². The minimum atomic E-state index is 0.156. The first-order valence-electron chi connectivity index (χ1n) is 9.69. The molecule has 0 spiro atoms. The monoisotopic (exact) mass is 379 g/mol. The SMILES string of the molecule is CC(c1ccccc1)N(C)c1nc2ccccc2nc1-c1ccc2[nH]ncc2c1. The number of nitrogens with zero attached hydrogens (tertiary/aromatic N) is 4. The van der Waals surface area contributed by atoms with Gasteiger partial charge in [-0.15, -0.1) is 0 Å². The van der Waals surface area contributed by atoms with E-state index in [9.17, 15) is 0 Å². The molecule has 0 aliphatic carbocycles. The van der Waals surface area contributed by atoms with Gasteiger partial charge in [-0.1, -0.05) is 48.5 Å². The molecular formula is C24H21N5. The number of benzene rings is 3. The Kier molecular flexibility index (Phi) is 4.21. The third-order valence-electron chi connectivity index (χ3n) is 5.46. The molecule has 2 heterocycles. The number of hydrogen-bond donors (Lipinski definition) is 1. The van der Waals surface area contributed by atoms with Crippen LogP contribution in [-0.2, 0) is 0 Å². The summed E-state index contributed by atoms with van der Waals surface area (Å²) in [6.45, 7) is 2.19. The van der Waals surface area contributed by atoms with Crippen LogP contribution in [0.25, 0.3) is 33.2 Å². The Labute approximate surface area is 169 Å². The van der Waals surface area contributed by atoms with Crippen molar-refractivity contribution in [2.24, 2.45) is 0 Å². The van der Waals surface area contributed by atoms with Gasteiger partial charge in [-0.25, -0.2) is 9.97 Å². The Morgan fingerprint density at radius 2 is 1.59 bits per heavy atom. The maximum atomic E-state index is 5.01. The molecule has 1 atom stereocenters. The van der Waals surface area contributed by atoms with E-state index in [1.54, 1.807) is 0 Å². The summed E-state index contributed by atoms with van der Waals surface area (Å²) in [5.41, 5.74) is 5.93. The van der Waals surface area contributed by atoms with Gasteiger partial charge in [0, 0.05) is 18.0 Å². The highest BCUT2D eigenvalue weighted by Gasteiger charge is 2.20. The van der Waals surface area contributed by atoms with Crippen LogP contribution in [0.4, 0.5) is 5.82 Å². The van der Waals surface area contributed by atoms with Crippen LogP contribution in [0.5, 0.6) is 0 Å². The standard InChI is InChI=1S/C24H21N5/c1-16(17-8-4-3-5-9-17)29(2)24-23(26-21-10-6-7-11-22(21)27-24)18-12-13-20-19(14-18)15-25-28-20/h3-16H,1-2H3,(H,25,28). The fraction of sp³-hybridized carbons (Fsp3) is 0.125. The van der Waals surface area contributed by atoms with E-state index >= 15 is 0 Å². The Balaban J connectivity index is 1.69. The minimum Gasteiger partial charge on any atom is -0.351 e. The fourth-order valence-corrected chi connectivity index (χ4v) is 3.66. The van der Waals surface area contributed by atoms with Gasteiger partial charge in [-0.3, -0.25) is 5.10 Å². The lowest BCUT2D eigenvalue weighted by molar-refractivity contribution is 0.730. The third-order valence-corrected chi connectivity index (χ3v) is 5.46. The number of hydrogen-bond acceptors (Lipinski definition) is 4. The molecule has 0 fully saturated rings. The lowest BCUT2D eigenvalue weighted by atomic mass is 10.1. The molecule has 0 saturated carbocycles. The Morgan fingerprint density at radius 1 is 0.862 bits per heavy atom. The van der Waals surface area contributed by atoms with Gasteiger partial charge in [-0.2, -0.15) is 5.10 Å². The lowest BCUT2D eigenvalue weighted by Gasteiger charge is -2.28.